The maximum atomic E-state index is 5.59. The summed E-state index contributed by atoms with van der Waals surface area (Å²) in [7, 11) is 0. The van der Waals surface area contributed by atoms with E-state index in [1.807, 2.05) is 0 Å². The van der Waals surface area contributed by atoms with Gasteiger partial charge < -0.3 is 7.59 Å². The Labute approximate surface area is 73.8 Å². The van der Waals surface area contributed by atoms with Crippen LogP contribution in [0.3, 0.4) is 0 Å². The number of rotatable bonds is 0. The van der Waals surface area contributed by atoms with Gasteiger partial charge in [0.05, 0.1) is 0 Å². The summed E-state index contributed by atoms with van der Waals surface area (Å²) in [5.41, 5.74) is 0.00810. The molecule has 0 saturated carbocycles. The minimum atomic E-state index is 0. The van der Waals surface area contributed by atoms with Gasteiger partial charge >= 0.3 is 23.1 Å². The van der Waals surface area contributed by atoms with Crippen LogP contribution >= 0.6 is 11.6 Å². The molecule has 1 heterocycles. The van der Waals surface area contributed by atoms with E-state index in [4.69, 9.17) is 16.3 Å². The maximum Gasteiger partial charge on any atom is 2.00 e. The summed E-state index contributed by atoms with van der Waals surface area (Å²) < 4.78 is 5.04. The van der Waals surface area contributed by atoms with Gasteiger partial charge in [0.25, 0.3) is 0 Å². The molecule has 1 atom stereocenters. The van der Waals surface area contributed by atoms with Gasteiger partial charge in [-0.3, -0.25) is 0 Å². The summed E-state index contributed by atoms with van der Waals surface area (Å²) in [6.07, 6.45) is 3.44. The van der Waals surface area contributed by atoms with E-state index in [0.29, 0.717) is 0 Å². The Kier molecular flexibility index (Phi) is 5.47. The van der Waals surface area contributed by atoms with Crippen LogP contribution in [0.5, 0.6) is 0 Å². The molecule has 0 bridgehead atoms. The van der Waals surface area contributed by atoms with Crippen LogP contribution in [0.15, 0.2) is 0 Å². The van der Waals surface area contributed by atoms with Crippen molar-refractivity contribution in [2.45, 2.75) is 24.8 Å². The van der Waals surface area contributed by atoms with E-state index in [2.05, 4.69) is 0 Å². The van der Waals surface area contributed by atoms with Crippen molar-refractivity contribution in [2.24, 2.45) is 0 Å². The summed E-state index contributed by atoms with van der Waals surface area (Å²) in [4.78, 5) is 0. The second-order valence-electron chi connectivity index (χ2n) is 1.78. The Morgan fingerprint density at radius 3 is 2.50 bits per heavy atom. The van der Waals surface area contributed by atoms with Crippen molar-refractivity contribution in [3.63, 3.8) is 0 Å². The Hall–Kier alpha value is 1.02. The predicted molar refractivity (Wildman–Crippen MR) is 37.4 cm³/mol. The Morgan fingerprint density at radius 1 is 1.50 bits per heavy atom. The summed E-state index contributed by atoms with van der Waals surface area (Å²) in [6.45, 7) is 0.855. The van der Waals surface area contributed by atoms with Crippen LogP contribution in [0.2, 0.25) is 0 Å². The zero-order valence-electron chi connectivity index (χ0n) is 6.90. The zero-order chi connectivity index (χ0) is 5.11. The SMILES string of the molecule is ClC1CCCCO1.[H-].[H-].[Mg+2]. The second-order valence-corrected chi connectivity index (χ2v) is 2.26. The van der Waals surface area contributed by atoms with Gasteiger partial charge in [-0.25, -0.2) is 0 Å². The molecule has 0 amide bonds. The van der Waals surface area contributed by atoms with Gasteiger partial charge in [0.15, 0.2) is 0 Å². The van der Waals surface area contributed by atoms with Gasteiger partial charge in [-0.1, -0.05) is 11.6 Å². The molecule has 3 heteroatoms. The predicted octanol–water partition coefficient (Wildman–Crippen LogP) is 1.60. The van der Waals surface area contributed by atoms with Crippen molar-refractivity contribution in [2.75, 3.05) is 6.61 Å². The molecule has 0 aliphatic carbocycles. The molecule has 1 rings (SSSR count). The fourth-order valence-corrected chi connectivity index (χ4v) is 0.945. The van der Waals surface area contributed by atoms with Crippen LogP contribution in [0.1, 0.15) is 22.1 Å². The van der Waals surface area contributed by atoms with E-state index in [1.165, 1.54) is 12.8 Å². The fraction of sp³-hybridized carbons (Fsp3) is 1.00. The molecule has 1 aliphatic heterocycles. The minimum absolute atomic E-state index is 0. The number of ether oxygens (including phenoxy) is 1. The monoisotopic (exact) mass is 146 g/mol. The van der Waals surface area contributed by atoms with Gasteiger partial charge in [-0.15, -0.1) is 0 Å². The van der Waals surface area contributed by atoms with Crippen LogP contribution in [0.25, 0.3) is 0 Å². The van der Waals surface area contributed by atoms with Crippen LogP contribution < -0.4 is 0 Å². The first-order valence-electron chi connectivity index (χ1n) is 2.65. The first-order chi connectivity index (χ1) is 3.39. The van der Waals surface area contributed by atoms with Crippen molar-refractivity contribution < 1.29 is 7.59 Å². The minimum Gasteiger partial charge on any atom is -1.00 e. The normalized spacial score (nSPS) is 28.9. The third-order valence-electron chi connectivity index (χ3n) is 1.12. The molecule has 1 unspecified atom stereocenters. The van der Waals surface area contributed by atoms with E-state index in [9.17, 15) is 0 Å². The number of alkyl halides is 1. The Bertz CT molecular complexity index is 61.6. The summed E-state index contributed by atoms with van der Waals surface area (Å²) in [5.74, 6) is 0. The molecule has 0 aromatic heterocycles. The number of hydrogen-bond acceptors (Lipinski definition) is 1. The molecule has 46 valence electrons. The Balaban J connectivity index is -0.000000163. The van der Waals surface area contributed by atoms with E-state index >= 15 is 0 Å². The average molecular weight is 147 g/mol. The van der Waals surface area contributed by atoms with Crippen LogP contribution in [0, 0.1) is 0 Å². The van der Waals surface area contributed by atoms with E-state index < -0.39 is 0 Å². The van der Waals surface area contributed by atoms with Crippen molar-refractivity contribution >= 4 is 34.7 Å². The Morgan fingerprint density at radius 2 is 2.25 bits per heavy atom. The molecule has 0 aromatic rings. The summed E-state index contributed by atoms with van der Waals surface area (Å²) in [6, 6.07) is 0. The quantitative estimate of drug-likeness (QED) is 0.373. The molecule has 1 nitrogen and oxygen atoms in total. The molecule has 0 spiro atoms. The van der Waals surface area contributed by atoms with Gasteiger partial charge in [0.2, 0.25) is 0 Å². The smallest absolute Gasteiger partial charge is 1.00 e. The van der Waals surface area contributed by atoms with Crippen molar-refractivity contribution in [3.05, 3.63) is 0 Å². The van der Waals surface area contributed by atoms with Crippen molar-refractivity contribution in [3.8, 4) is 0 Å². The van der Waals surface area contributed by atoms with E-state index in [1.54, 1.807) is 0 Å². The van der Waals surface area contributed by atoms with Gasteiger partial charge in [-0.2, -0.15) is 0 Å². The average Bonchev–Trinajstić information content (AvgIpc) is 1.69. The van der Waals surface area contributed by atoms with Gasteiger partial charge in [0.1, 0.15) is 5.56 Å². The first kappa shape index (κ1) is 9.02. The first-order valence-corrected chi connectivity index (χ1v) is 3.09. The molecular weight excluding hydrogens is 136 g/mol. The topological polar surface area (TPSA) is 9.23 Å². The van der Waals surface area contributed by atoms with Crippen LogP contribution in [-0.2, 0) is 4.74 Å². The second kappa shape index (κ2) is 4.85. The summed E-state index contributed by atoms with van der Waals surface area (Å²) in [5, 5.41) is 0. The number of halogens is 1. The fourth-order valence-electron chi connectivity index (χ4n) is 0.701. The van der Waals surface area contributed by atoms with Gasteiger partial charge in [0, 0.05) is 6.61 Å². The largest absolute Gasteiger partial charge is 2.00 e. The van der Waals surface area contributed by atoms with Crippen LogP contribution in [0.4, 0.5) is 0 Å². The molecule has 0 radical (unpaired) electrons. The third-order valence-corrected chi connectivity index (χ3v) is 1.47. The molecule has 1 aliphatic rings. The molecule has 0 aromatic carbocycles. The molecular formula is C5H11ClMgO. The van der Waals surface area contributed by atoms with Crippen molar-refractivity contribution in [1.82, 2.24) is 0 Å². The summed E-state index contributed by atoms with van der Waals surface area (Å²) >= 11 is 5.59. The van der Waals surface area contributed by atoms with Gasteiger partial charge in [-0.05, 0) is 19.3 Å². The van der Waals surface area contributed by atoms with E-state index in [-0.39, 0.29) is 31.5 Å². The molecule has 8 heavy (non-hydrogen) atoms. The number of hydrogen-bond donors (Lipinski definition) is 0. The van der Waals surface area contributed by atoms with Crippen molar-refractivity contribution in [1.29, 1.82) is 0 Å². The van der Waals surface area contributed by atoms with Crippen LogP contribution in [-0.4, -0.2) is 35.2 Å². The maximum absolute atomic E-state index is 5.59. The standard InChI is InChI=1S/C5H9ClO.Mg.2H/c6-5-3-1-2-4-7-5;;;/h5H,1-4H2;;;/q;+2;2*-1. The molecule has 0 N–H and O–H groups in total. The third kappa shape index (κ3) is 3.12. The van der Waals surface area contributed by atoms with E-state index in [0.717, 1.165) is 13.0 Å². The zero-order valence-corrected chi connectivity index (χ0v) is 7.07. The molecule has 1 fully saturated rings. The molecule has 1 saturated heterocycles.